The van der Waals surface area contributed by atoms with Gasteiger partial charge in [-0.15, -0.1) is 0 Å². The monoisotopic (exact) mass is 321 g/mol. The molecule has 1 aromatic carbocycles. The van der Waals surface area contributed by atoms with E-state index in [-0.39, 0.29) is 17.5 Å². The summed E-state index contributed by atoms with van der Waals surface area (Å²) in [5, 5.41) is 9.01. The molecule has 0 spiro atoms. The normalized spacial score (nSPS) is 14.0. The molecule has 0 bridgehead atoms. The Balaban J connectivity index is 3.27. The van der Waals surface area contributed by atoms with Crippen molar-refractivity contribution in [2.24, 2.45) is 5.92 Å². The van der Waals surface area contributed by atoms with Crippen molar-refractivity contribution in [3.05, 3.63) is 29.3 Å². The van der Waals surface area contributed by atoms with Gasteiger partial charge in [0.15, 0.2) is 11.6 Å². The van der Waals surface area contributed by atoms with Crippen molar-refractivity contribution in [2.75, 3.05) is 7.05 Å². The first-order valence-corrected chi connectivity index (χ1v) is 8.12. The zero-order chi connectivity index (χ0) is 16.4. The molecule has 0 fully saturated rings. The Bertz CT molecular complexity index is 602. The van der Waals surface area contributed by atoms with Crippen molar-refractivity contribution in [3.63, 3.8) is 0 Å². The van der Waals surface area contributed by atoms with Gasteiger partial charge in [0.25, 0.3) is 0 Å². The number of nitrogens with zero attached hydrogens (tertiary/aromatic N) is 1. The minimum absolute atomic E-state index is 0.0115. The second-order valence-electron chi connectivity index (χ2n) is 5.55. The molecule has 0 aliphatic rings. The van der Waals surface area contributed by atoms with E-state index in [1.807, 2.05) is 13.8 Å². The van der Waals surface area contributed by atoms with Crippen molar-refractivity contribution in [3.8, 4) is 0 Å². The molecule has 0 saturated heterocycles. The van der Waals surface area contributed by atoms with Gasteiger partial charge in [-0.3, -0.25) is 0 Å². The Morgan fingerprint density at radius 3 is 2.29 bits per heavy atom. The van der Waals surface area contributed by atoms with E-state index >= 15 is 0 Å². The van der Waals surface area contributed by atoms with E-state index in [0.29, 0.717) is 6.42 Å². The highest BCUT2D eigenvalue weighted by Gasteiger charge is 2.30. The van der Waals surface area contributed by atoms with Crippen LogP contribution in [0.2, 0.25) is 0 Å². The summed E-state index contributed by atoms with van der Waals surface area (Å²) in [6.45, 7) is 5.04. The smallest absolute Gasteiger partial charge is 0.246 e. The molecule has 1 unspecified atom stereocenters. The summed E-state index contributed by atoms with van der Waals surface area (Å²) in [6, 6.07) is 1.40. The lowest BCUT2D eigenvalue weighted by Crippen LogP contribution is -2.36. The molecule has 1 aromatic rings. The highest BCUT2D eigenvalue weighted by molar-refractivity contribution is 7.89. The van der Waals surface area contributed by atoms with Gasteiger partial charge in [0.05, 0.1) is 6.61 Å². The summed E-state index contributed by atoms with van der Waals surface area (Å²) in [5.41, 5.74) is 0.0115. The Kier molecular flexibility index (Phi) is 5.83. The summed E-state index contributed by atoms with van der Waals surface area (Å²) < 4.78 is 53.2. The van der Waals surface area contributed by atoms with Gasteiger partial charge >= 0.3 is 0 Å². The molecule has 0 aliphatic heterocycles. The SMILES string of the molecule is CC(C)CC(C)N(C)S(=O)(=O)c1cc(CO)cc(F)c1F. The predicted octanol–water partition coefficient (Wildman–Crippen LogP) is 2.51. The third-order valence-corrected chi connectivity index (χ3v) is 5.30. The largest absolute Gasteiger partial charge is 0.392 e. The summed E-state index contributed by atoms with van der Waals surface area (Å²) in [5.74, 6) is -2.44. The van der Waals surface area contributed by atoms with E-state index < -0.39 is 33.2 Å². The molecule has 4 nitrogen and oxygen atoms in total. The molecule has 7 heteroatoms. The molecule has 0 heterocycles. The molecule has 0 aliphatic carbocycles. The van der Waals surface area contributed by atoms with Crippen LogP contribution in [0.15, 0.2) is 17.0 Å². The molecule has 1 N–H and O–H groups in total. The molecule has 0 radical (unpaired) electrons. The number of aliphatic hydroxyl groups is 1. The fourth-order valence-electron chi connectivity index (χ4n) is 2.12. The van der Waals surface area contributed by atoms with Crippen molar-refractivity contribution in [1.82, 2.24) is 4.31 Å². The molecule has 0 amide bonds. The van der Waals surface area contributed by atoms with Crippen molar-refractivity contribution >= 4 is 10.0 Å². The molecule has 1 rings (SSSR count). The minimum Gasteiger partial charge on any atom is -0.392 e. The van der Waals surface area contributed by atoms with Gasteiger partial charge in [-0.25, -0.2) is 17.2 Å². The Hall–Kier alpha value is -1.05. The maximum absolute atomic E-state index is 13.8. The van der Waals surface area contributed by atoms with E-state index in [1.165, 1.54) is 7.05 Å². The summed E-state index contributed by atoms with van der Waals surface area (Å²) >= 11 is 0. The zero-order valence-corrected chi connectivity index (χ0v) is 13.4. The Labute approximate surface area is 124 Å². The van der Waals surface area contributed by atoms with E-state index in [2.05, 4.69) is 0 Å². The third kappa shape index (κ3) is 3.99. The fraction of sp³-hybridized carbons (Fsp3) is 0.571. The van der Waals surface area contributed by atoms with Gasteiger partial charge in [0.2, 0.25) is 10.0 Å². The third-order valence-electron chi connectivity index (χ3n) is 3.33. The van der Waals surface area contributed by atoms with Gasteiger partial charge in [-0.1, -0.05) is 13.8 Å². The first-order chi connectivity index (χ1) is 9.61. The second kappa shape index (κ2) is 6.81. The van der Waals surface area contributed by atoms with Gasteiger partial charge in [-0.2, -0.15) is 4.31 Å². The lowest BCUT2D eigenvalue weighted by Gasteiger charge is -2.26. The minimum atomic E-state index is -4.16. The number of hydrogen-bond acceptors (Lipinski definition) is 3. The van der Waals surface area contributed by atoms with Crippen LogP contribution >= 0.6 is 0 Å². The second-order valence-corrected chi connectivity index (χ2v) is 7.51. The first kappa shape index (κ1) is 18.0. The molecule has 0 aromatic heterocycles. The van der Waals surface area contributed by atoms with Crippen molar-refractivity contribution in [1.29, 1.82) is 0 Å². The average Bonchev–Trinajstić information content (AvgIpc) is 2.39. The van der Waals surface area contributed by atoms with Crippen LogP contribution in [0.1, 0.15) is 32.8 Å². The van der Waals surface area contributed by atoms with Gasteiger partial charge < -0.3 is 5.11 Å². The summed E-state index contributed by atoms with van der Waals surface area (Å²) in [6.07, 6.45) is 0.597. The van der Waals surface area contributed by atoms with Gasteiger partial charge in [0, 0.05) is 13.1 Å². The van der Waals surface area contributed by atoms with E-state index in [9.17, 15) is 17.2 Å². The lowest BCUT2D eigenvalue weighted by molar-refractivity contribution is 0.280. The Morgan fingerprint density at radius 1 is 1.24 bits per heavy atom. The van der Waals surface area contributed by atoms with Crippen LogP contribution in [0.5, 0.6) is 0 Å². The van der Waals surface area contributed by atoms with Crippen LogP contribution in [-0.4, -0.2) is 30.9 Å². The fourth-order valence-corrected chi connectivity index (χ4v) is 3.61. The maximum atomic E-state index is 13.8. The van der Waals surface area contributed by atoms with Crippen LogP contribution < -0.4 is 0 Å². The van der Waals surface area contributed by atoms with Crippen LogP contribution in [0.25, 0.3) is 0 Å². The quantitative estimate of drug-likeness (QED) is 0.876. The molecular weight excluding hydrogens is 300 g/mol. The van der Waals surface area contributed by atoms with Crippen LogP contribution in [0, 0.1) is 17.6 Å². The van der Waals surface area contributed by atoms with Crippen LogP contribution in [0.3, 0.4) is 0 Å². The maximum Gasteiger partial charge on any atom is 0.246 e. The molecule has 0 saturated carbocycles. The molecular formula is C14H21F2NO3S. The topological polar surface area (TPSA) is 57.6 Å². The van der Waals surface area contributed by atoms with Crippen LogP contribution in [-0.2, 0) is 16.6 Å². The Morgan fingerprint density at radius 2 is 1.81 bits per heavy atom. The molecule has 21 heavy (non-hydrogen) atoms. The molecule has 120 valence electrons. The average molecular weight is 321 g/mol. The first-order valence-electron chi connectivity index (χ1n) is 6.68. The van der Waals surface area contributed by atoms with E-state index in [4.69, 9.17) is 5.11 Å². The number of rotatable bonds is 6. The predicted molar refractivity (Wildman–Crippen MR) is 76.1 cm³/mol. The van der Waals surface area contributed by atoms with E-state index in [1.54, 1.807) is 6.92 Å². The number of aliphatic hydroxyl groups excluding tert-OH is 1. The standard InChI is InChI=1S/C14H21F2NO3S/c1-9(2)5-10(3)17(4)21(19,20)13-7-11(8-18)6-12(15)14(13)16/h6-7,9-10,18H,5,8H2,1-4H3. The highest BCUT2D eigenvalue weighted by Crippen LogP contribution is 2.25. The van der Waals surface area contributed by atoms with E-state index in [0.717, 1.165) is 16.4 Å². The summed E-state index contributed by atoms with van der Waals surface area (Å²) in [4.78, 5) is -0.746. The number of halogens is 2. The number of sulfonamides is 1. The molecule has 1 atom stereocenters. The van der Waals surface area contributed by atoms with Crippen LogP contribution in [0.4, 0.5) is 8.78 Å². The lowest BCUT2D eigenvalue weighted by atomic mass is 10.1. The van der Waals surface area contributed by atoms with Gasteiger partial charge in [0.1, 0.15) is 4.90 Å². The highest BCUT2D eigenvalue weighted by atomic mass is 32.2. The summed E-state index contributed by atoms with van der Waals surface area (Å²) in [7, 11) is -2.82. The van der Waals surface area contributed by atoms with Gasteiger partial charge in [-0.05, 0) is 37.0 Å². The van der Waals surface area contributed by atoms with Crippen molar-refractivity contribution in [2.45, 2.75) is 44.7 Å². The zero-order valence-electron chi connectivity index (χ0n) is 12.6. The number of hydrogen-bond donors (Lipinski definition) is 1. The number of benzene rings is 1. The van der Waals surface area contributed by atoms with Crippen molar-refractivity contribution < 1.29 is 22.3 Å².